The predicted octanol–water partition coefficient (Wildman–Crippen LogP) is -5.33. The lowest BCUT2D eigenvalue weighted by molar-refractivity contribution is -0.360. The normalized spacial score (nSPS) is 50.0. The second-order valence-electron chi connectivity index (χ2n) is 9.37. The van der Waals surface area contributed by atoms with Crippen molar-refractivity contribution >= 4 is 5.91 Å². The van der Waals surface area contributed by atoms with E-state index < -0.39 is 111 Å². The van der Waals surface area contributed by atoms with E-state index in [-0.39, 0.29) is 0 Å². The summed E-state index contributed by atoms with van der Waals surface area (Å²) in [6, 6.07) is -0.976. The molecule has 9 N–H and O–H groups in total. The van der Waals surface area contributed by atoms with Crippen LogP contribution in [0.2, 0.25) is 0 Å². The van der Waals surface area contributed by atoms with Gasteiger partial charge in [-0.05, 0) is 13.8 Å². The second-order valence-corrected chi connectivity index (χ2v) is 9.37. The molecule has 210 valence electrons. The van der Waals surface area contributed by atoms with Gasteiger partial charge in [0.25, 0.3) is 0 Å². The van der Waals surface area contributed by atoms with Gasteiger partial charge in [-0.2, -0.15) is 0 Å². The Hall–Kier alpha value is -1.05. The smallest absolute Gasteiger partial charge is 0.217 e. The Bertz CT molecular complexity index is 729. The van der Waals surface area contributed by atoms with Crippen LogP contribution in [-0.4, -0.2) is 152 Å². The molecule has 0 spiro atoms. The van der Waals surface area contributed by atoms with Crippen molar-refractivity contribution in [3.63, 3.8) is 0 Å². The molecule has 15 heteroatoms. The predicted molar refractivity (Wildman–Crippen MR) is 115 cm³/mol. The van der Waals surface area contributed by atoms with Gasteiger partial charge in [-0.1, -0.05) is 0 Å². The number of carbonyl (C=O) groups is 1. The Kier molecular flexibility index (Phi) is 10.0. The number of aliphatic hydroxyl groups excluding tert-OH is 8. The average molecular weight is 528 g/mol. The van der Waals surface area contributed by atoms with Crippen LogP contribution in [0.5, 0.6) is 0 Å². The van der Waals surface area contributed by atoms with Crippen LogP contribution in [0.25, 0.3) is 0 Å². The van der Waals surface area contributed by atoms with Crippen molar-refractivity contribution in [1.82, 2.24) is 5.32 Å². The summed E-state index contributed by atoms with van der Waals surface area (Å²) < 4.78 is 28.6. The summed E-state index contributed by atoms with van der Waals surface area (Å²) in [5, 5.41) is 83.4. The number of hydrogen-bond acceptors (Lipinski definition) is 14. The lowest BCUT2D eigenvalue weighted by Crippen LogP contribution is -2.69. The van der Waals surface area contributed by atoms with E-state index in [1.165, 1.54) is 13.8 Å². The zero-order chi connectivity index (χ0) is 26.9. The minimum absolute atomic E-state index is 0.486. The Labute approximate surface area is 207 Å². The summed E-state index contributed by atoms with van der Waals surface area (Å²) in [5.41, 5.74) is 0. The highest BCUT2D eigenvalue weighted by atomic mass is 16.7. The number of nitrogens with one attached hydrogen (secondary N) is 1. The molecule has 3 saturated heterocycles. The van der Waals surface area contributed by atoms with Gasteiger partial charge in [0.05, 0.1) is 31.5 Å². The number of amides is 1. The number of rotatable bonds is 7. The number of ether oxygens (including phenoxy) is 5. The van der Waals surface area contributed by atoms with Crippen LogP contribution < -0.4 is 5.32 Å². The van der Waals surface area contributed by atoms with Crippen molar-refractivity contribution < 1.29 is 69.3 Å². The molecule has 36 heavy (non-hydrogen) atoms. The minimum Gasteiger partial charge on any atom is -0.394 e. The Balaban J connectivity index is 1.92. The zero-order valence-electron chi connectivity index (χ0n) is 20.1. The summed E-state index contributed by atoms with van der Waals surface area (Å²) in [6.45, 7) is 2.95. The standard InChI is InChI=1S/C21H37NO14/c1-6-11(22-8(3)25)19(36-21-17(31)15(29)13(27)9(4-23)34-21)18(10(5-24)32-6)35-20-16(30)14(28)12(26)7(2)33-20/h6-7,9-21,23-24,26-31H,4-5H2,1-3H3,(H,22,25). The van der Waals surface area contributed by atoms with Crippen molar-refractivity contribution in [2.75, 3.05) is 13.2 Å². The van der Waals surface area contributed by atoms with E-state index in [0.29, 0.717) is 0 Å². The molecule has 0 aliphatic carbocycles. The van der Waals surface area contributed by atoms with Crippen LogP contribution >= 0.6 is 0 Å². The summed E-state index contributed by atoms with van der Waals surface area (Å²) in [5.74, 6) is -0.486. The van der Waals surface area contributed by atoms with Gasteiger partial charge in [0.1, 0.15) is 61.0 Å². The van der Waals surface area contributed by atoms with E-state index in [2.05, 4.69) is 5.32 Å². The highest BCUT2D eigenvalue weighted by molar-refractivity contribution is 5.73. The van der Waals surface area contributed by atoms with E-state index in [1.54, 1.807) is 6.92 Å². The molecule has 3 heterocycles. The van der Waals surface area contributed by atoms with Gasteiger partial charge in [-0.25, -0.2) is 0 Å². The minimum atomic E-state index is -1.78. The molecule has 3 rings (SSSR count). The maximum atomic E-state index is 12.0. The molecule has 0 saturated carbocycles. The van der Waals surface area contributed by atoms with Gasteiger partial charge < -0.3 is 69.9 Å². The molecule has 3 aliphatic heterocycles. The van der Waals surface area contributed by atoms with Crippen molar-refractivity contribution in [2.24, 2.45) is 0 Å². The third-order valence-electron chi connectivity index (χ3n) is 6.73. The molecule has 0 bridgehead atoms. The van der Waals surface area contributed by atoms with Crippen LogP contribution in [0.15, 0.2) is 0 Å². The lowest BCUT2D eigenvalue weighted by Gasteiger charge is -2.50. The number of hydrogen-bond donors (Lipinski definition) is 9. The van der Waals surface area contributed by atoms with Crippen LogP contribution in [0.1, 0.15) is 20.8 Å². The third-order valence-corrected chi connectivity index (χ3v) is 6.73. The maximum absolute atomic E-state index is 12.0. The van der Waals surface area contributed by atoms with Gasteiger partial charge in [-0.3, -0.25) is 4.79 Å². The largest absolute Gasteiger partial charge is 0.394 e. The average Bonchev–Trinajstić information content (AvgIpc) is 2.84. The fourth-order valence-electron chi connectivity index (χ4n) is 4.64. The van der Waals surface area contributed by atoms with Crippen LogP contribution in [0.4, 0.5) is 0 Å². The monoisotopic (exact) mass is 527 g/mol. The SMILES string of the molecule is CC(=O)NC1C(C)OC(CO)C(OC2OC(C)C(O)C(O)C2O)C1OC1OC(CO)C(O)C(O)C1O. The van der Waals surface area contributed by atoms with Gasteiger partial charge >= 0.3 is 0 Å². The molecule has 15 unspecified atom stereocenters. The Morgan fingerprint density at radius 1 is 0.694 bits per heavy atom. The molecule has 15 atom stereocenters. The van der Waals surface area contributed by atoms with Crippen molar-refractivity contribution in [2.45, 2.75) is 113 Å². The molecular weight excluding hydrogens is 490 g/mol. The second kappa shape index (κ2) is 12.2. The molecule has 0 aromatic heterocycles. The van der Waals surface area contributed by atoms with Crippen molar-refractivity contribution in [1.29, 1.82) is 0 Å². The summed E-state index contributed by atoms with van der Waals surface area (Å²) >= 11 is 0. The Morgan fingerprint density at radius 2 is 1.22 bits per heavy atom. The van der Waals surface area contributed by atoms with E-state index in [9.17, 15) is 45.6 Å². The van der Waals surface area contributed by atoms with Crippen molar-refractivity contribution in [3.8, 4) is 0 Å². The zero-order valence-corrected chi connectivity index (χ0v) is 20.1. The third kappa shape index (κ3) is 5.99. The van der Waals surface area contributed by atoms with Crippen LogP contribution in [0.3, 0.4) is 0 Å². The first-order valence-corrected chi connectivity index (χ1v) is 11.8. The molecule has 15 nitrogen and oxygen atoms in total. The first kappa shape index (κ1) is 29.5. The van der Waals surface area contributed by atoms with Gasteiger partial charge in [0.2, 0.25) is 5.91 Å². The molecule has 0 aromatic rings. The first-order valence-electron chi connectivity index (χ1n) is 11.8. The first-order chi connectivity index (χ1) is 16.9. The van der Waals surface area contributed by atoms with E-state index in [4.69, 9.17) is 23.7 Å². The molecule has 0 aromatic carbocycles. The summed E-state index contributed by atoms with van der Waals surface area (Å²) in [6.07, 6.45) is -19.7. The topological polar surface area (TPSA) is 237 Å². The van der Waals surface area contributed by atoms with Crippen LogP contribution in [0, 0.1) is 0 Å². The molecule has 3 fully saturated rings. The number of aliphatic hydroxyl groups is 8. The Morgan fingerprint density at radius 3 is 1.78 bits per heavy atom. The highest BCUT2D eigenvalue weighted by Gasteiger charge is 2.53. The van der Waals surface area contributed by atoms with Crippen LogP contribution in [-0.2, 0) is 28.5 Å². The van der Waals surface area contributed by atoms with Crippen molar-refractivity contribution in [3.05, 3.63) is 0 Å². The fraction of sp³-hybridized carbons (Fsp3) is 0.952. The van der Waals surface area contributed by atoms with Gasteiger partial charge in [0.15, 0.2) is 12.6 Å². The quantitative estimate of drug-likeness (QED) is 0.150. The number of carbonyl (C=O) groups excluding carboxylic acids is 1. The lowest BCUT2D eigenvalue weighted by atomic mass is 9.92. The van der Waals surface area contributed by atoms with Gasteiger partial charge in [-0.15, -0.1) is 0 Å². The van der Waals surface area contributed by atoms with Gasteiger partial charge in [0, 0.05) is 6.92 Å². The highest BCUT2D eigenvalue weighted by Crippen LogP contribution is 2.33. The molecule has 3 aliphatic rings. The summed E-state index contributed by atoms with van der Waals surface area (Å²) in [7, 11) is 0. The molecular formula is C21H37NO14. The van der Waals surface area contributed by atoms with E-state index in [0.717, 1.165) is 0 Å². The summed E-state index contributed by atoms with van der Waals surface area (Å²) in [4.78, 5) is 12.0. The molecule has 0 radical (unpaired) electrons. The maximum Gasteiger partial charge on any atom is 0.217 e. The van der Waals surface area contributed by atoms with E-state index in [1.807, 2.05) is 0 Å². The fourth-order valence-corrected chi connectivity index (χ4v) is 4.64. The van der Waals surface area contributed by atoms with E-state index >= 15 is 0 Å². The molecule has 1 amide bonds.